The largest absolute Gasteiger partial charge is 0.481 e. The molecule has 0 spiro atoms. The molecule has 0 aliphatic carbocycles. The summed E-state index contributed by atoms with van der Waals surface area (Å²) in [6, 6.07) is 7.56. The van der Waals surface area contributed by atoms with Crippen molar-refractivity contribution in [1.82, 2.24) is 4.98 Å². The summed E-state index contributed by atoms with van der Waals surface area (Å²) < 4.78 is 0. The minimum absolute atomic E-state index is 0.0744. The number of hydrogen-bond donors (Lipinski definition) is 2. The molecule has 1 unspecified atom stereocenters. The van der Waals surface area contributed by atoms with Gasteiger partial charge in [0, 0.05) is 24.3 Å². The Hall–Kier alpha value is -1.94. The summed E-state index contributed by atoms with van der Waals surface area (Å²) in [6.45, 7) is 0.0744. The van der Waals surface area contributed by atoms with E-state index < -0.39 is 11.9 Å². The molecule has 4 heteroatoms. The summed E-state index contributed by atoms with van der Waals surface area (Å²) in [5, 5.41) is 10.9. The van der Waals surface area contributed by atoms with Crippen LogP contribution in [0.5, 0.6) is 0 Å². The highest BCUT2D eigenvalue weighted by Gasteiger charge is 2.20. The molecule has 0 bridgehead atoms. The number of pyridine rings is 1. The topological polar surface area (TPSA) is 76.2 Å². The Bertz CT molecular complexity index is 520. The van der Waals surface area contributed by atoms with Crippen LogP contribution in [0.25, 0.3) is 10.8 Å². The first kappa shape index (κ1) is 10.6. The highest BCUT2D eigenvalue weighted by Crippen LogP contribution is 2.24. The zero-order valence-electron chi connectivity index (χ0n) is 8.63. The van der Waals surface area contributed by atoms with E-state index in [4.69, 9.17) is 10.8 Å². The van der Waals surface area contributed by atoms with Gasteiger partial charge < -0.3 is 10.8 Å². The Morgan fingerprint density at radius 1 is 1.38 bits per heavy atom. The third-order valence-electron chi connectivity index (χ3n) is 2.61. The number of carboxylic acid groups (broad SMARTS) is 1. The first-order chi connectivity index (χ1) is 7.74. The summed E-state index contributed by atoms with van der Waals surface area (Å²) in [4.78, 5) is 15.1. The zero-order chi connectivity index (χ0) is 11.5. The first-order valence-corrected chi connectivity index (χ1v) is 4.99. The van der Waals surface area contributed by atoms with Gasteiger partial charge in [0.25, 0.3) is 0 Å². The molecule has 0 aliphatic heterocycles. The molecule has 82 valence electrons. The van der Waals surface area contributed by atoms with Crippen molar-refractivity contribution < 1.29 is 9.90 Å². The SMILES string of the molecule is NCC(C(=O)O)c1cncc2ccccc12. The fourth-order valence-electron chi connectivity index (χ4n) is 1.78. The molecule has 16 heavy (non-hydrogen) atoms. The van der Waals surface area contributed by atoms with Crippen LogP contribution in [-0.4, -0.2) is 22.6 Å². The maximum absolute atomic E-state index is 11.1. The number of carboxylic acids is 1. The number of hydrogen-bond acceptors (Lipinski definition) is 3. The van der Waals surface area contributed by atoms with E-state index in [2.05, 4.69) is 4.98 Å². The number of aliphatic carboxylic acids is 1. The molecule has 1 aromatic carbocycles. The highest BCUT2D eigenvalue weighted by atomic mass is 16.4. The lowest BCUT2D eigenvalue weighted by Gasteiger charge is -2.12. The van der Waals surface area contributed by atoms with Crippen molar-refractivity contribution in [2.75, 3.05) is 6.54 Å². The van der Waals surface area contributed by atoms with Gasteiger partial charge in [-0.1, -0.05) is 24.3 Å². The predicted octanol–water partition coefficient (Wildman–Crippen LogP) is 1.36. The van der Waals surface area contributed by atoms with E-state index in [9.17, 15) is 4.79 Å². The van der Waals surface area contributed by atoms with Crippen molar-refractivity contribution >= 4 is 16.7 Å². The van der Waals surface area contributed by atoms with E-state index >= 15 is 0 Å². The summed E-state index contributed by atoms with van der Waals surface area (Å²) in [5.41, 5.74) is 6.16. The molecule has 0 saturated heterocycles. The molecule has 2 aromatic rings. The third-order valence-corrected chi connectivity index (χ3v) is 2.61. The van der Waals surface area contributed by atoms with E-state index in [1.54, 1.807) is 12.4 Å². The minimum atomic E-state index is -0.916. The van der Waals surface area contributed by atoms with Crippen LogP contribution in [0.1, 0.15) is 11.5 Å². The van der Waals surface area contributed by atoms with Crippen LogP contribution in [0.4, 0.5) is 0 Å². The van der Waals surface area contributed by atoms with E-state index in [1.165, 1.54) is 0 Å². The Balaban J connectivity index is 2.63. The predicted molar refractivity (Wildman–Crippen MR) is 61.2 cm³/mol. The second-order valence-electron chi connectivity index (χ2n) is 3.58. The molecule has 1 atom stereocenters. The number of fused-ring (bicyclic) bond motifs is 1. The molecule has 3 N–H and O–H groups in total. The lowest BCUT2D eigenvalue weighted by Crippen LogP contribution is -2.21. The van der Waals surface area contributed by atoms with Gasteiger partial charge in [0.1, 0.15) is 0 Å². The van der Waals surface area contributed by atoms with Crippen molar-refractivity contribution in [2.45, 2.75) is 5.92 Å². The van der Waals surface area contributed by atoms with Crippen molar-refractivity contribution in [1.29, 1.82) is 0 Å². The molecule has 0 aliphatic rings. The summed E-state index contributed by atoms with van der Waals surface area (Å²) in [7, 11) is 0. The van der Waals surface area contributed by atoms with Crippen LogP contribution in [0, 0.1) is 0 Å². The minimum Gasteiger partial charge on any atom is -0.481 e. The van der Waals surface area contributed by atoms with Gasteiger partial charge in [0.05, 0.1) is 5.92 Å². The van der Waals surface area contributed by atoms with Crippen molar-refractivity contribution in [3.8, 4) is 0 Å². The maximum atomic E-state index is 11.1. The quantitative estimate of drug-likeness (QED) is 0.812. The van der Waals surface area contributed by atoms with Gasteiger partial charge in [-0.2, -0.15) is 0 Å². The number of aromatic nitrogens is 1. The zero-order valence-corrected chi connectivity index (χ0v) is 8.63. The Morgan fingerprint density at radius 2 is 2.12 bits per heavy atom. The number of benzene rings is 1. The molecule has 1 heterocycles. The summed E-state index contributed by atoms with van der Waals surface area (Å²) >= 11 is 0. The lowest BCUT2D eigenvalue weighted by atomic mass is 9.96. The Labute approximate surface area is 92.7 Å². The van der Waals surface area contributed by atoms with Crippen molar-refractivity contribution in [2.24, 2.45) is 5.73 Å². The monoisotopic (exact) mass is 216 g/mol. The average molecular weight is 216 g/mol. The van der Waals surface area contributed by atoms with Crippen LogP contribution < -0.4 is 5.73 Å². The maximum Gasteiger partial charge on any atom is 0.312 e. The van der Waals surface area contributed by atoms with Crippen LogP contribution in [0.2, 0.25) is 0 Å². The van der Waals surface area contributed by atoms with Gasteiger partial charge in [-0.15, -0.1) is 0 Å². The molecule has 1 aromatic heterocycles. The van der Waals surface area contributed by atoms with E-state index in [0.29, 0.717) is 5.56 Å². The van der Waals surface area contributed by atoms with Crippen LogP contribution in [0.15, 0.2) is 36.7 Å². The van der Waals surface area contributed by atoms with E-state index in [1.807, 2.05) is 24.3 Å². The van der Waals surface area contributed by atoms with Gasteiger partial charge in [-0.05, 0) is 10.9 Å². The van der Waals surface area contributed by atoms with Crippen molar-refractivity contribution in [3.63, 3.8) is 0 Å². The van der Waals surface area contributed by atoms with Gasteiger partial charge in [0.15, 0.2) is 0 Å². The van der Waals surface area contributed by atoms with Gasteiger partial charge in [-0.25, -0.2) is 0 Å². The highest BCUT2D eigenvalue weighted by molar-refractivity contribution is 5.90. The van der Waals surface area contributed by atoms with Gasteiger partial charge in [-0.3, -0.25) is 9.78 Å². The third kappa shape index (κ3) is 1.75. The fraction of sp³-hybridized carbons (Fsp3) is 0.167. The molecular weight excluding hydrogens is 204 g/mol. The number of nitrogens with two attached hydrogens (primary N) is 1. The molecule has 2 rings (SSSR count). The standard InChI is InChI=1S/C12H12N2O2/c13-5-10(12(15)16)11-7-14-6-8-3-1-2-4-9(8)11/h1-4,6-7,10H,5,13H2,(H,15,16). The Kier molecular flexibility index (Phi) is 2.83. The fourth-order valence-corrected chi connectivity index (χ4v) is 1.78. The smallest absolute Gasteiger partial charge is 0.312 e. The normalized spacial score (nSPS) is 12.6. The molecule has 4 nitrogen and oxygen atoms in total. The van der Waals surface area contributed by atoms with Crippen LogP contribution in [0.3, 0.4) is 0 Å². The van der Waals surface area contributed by atoms with Crippen molar-refractivity contribution in [3.05, 3.63) is 42.2 Å². The molecular formula is C12H12N2O2. The molecule has 0 fully saturated rings. The average Bonchev–Trinajstić information content (AvgIpc) is 2.30. The van der Waals surface area contributed by atoms with Gasteiger partial charge in [0.2, 0.25) is 0 Å². The Morgan fingerprint density at radius 3 is 2.81 bits per heavy atom. The van der Waals surface area contributed by atoms with Gasteiger partial charge >= 0.3 is 5.97 Å². The molecule has 0 amide bonds. The van der Waals surface area contributed by atoms with Crippen LogP contribution >= 0.6 is 0 Å². The van der Waals surface area contributed by atoms with E-state index in [0.717, 1.165) is 10.8 Å². The van der Waals surface area contributed by atoms with Crippen LogP contribution in [-0.2, 0) is 4.79 Å². The molecule has 0 saturated carbocycles. The van der Waals surface area contributed by atoms with E-state index in [-0.39, 0.29) is 6.54 Å². The summed E-state index contributed by atoms with van der Waals surface area (Å²) in [5.74, 6) is -1.61. The first-order valence-electron chi connectivity index (χ1n) is 4.99. The summed E-state index contributed by atoms with van der Waals surface area (Å²) in [6.07, 6.45) is 3.29. The molecule has 0 radical (unpaired) electrons. The second kappa shape index (κ2) is 4.28. The number of rotatable bonds is 3. The number of nitrogens with zero attached hydrogens (tertiary/aromatic N) is 1. The second-order valence-corrected chi connectivity index (χ2v) is 3.58. The number of carbonyl (C=O) groups is 1. The lowest BCUT2D eigenvalue weighted by molar-refractivity contribution is -0.138.